The zero-order valence-corrected chi connectivity index (χ0v) is 12.9. The maximum atomic E-state index is 13.6. The number of hydrogen-bond acceptors (Lipinski definition) is 3. The molecule has 24 heavy (non-hydrogen) atoms. The summed E-state index contributed by atoms with van der Waals surface area (Å²) in [4.78, 5) is 16.5. The molecule has 1 heterocycles. The second-order valence-electron chi connectivity index (χ2n) is 5.35. The van der Waals surface area contributed by atoms with Crippen LogP contribution in [0.4, 0.5) is 20.3 Å². The summed E-state index contributed by atoms with van der Waals surface area (Å²) in [5, 5.41) is 2.58. The summed E-state index contributed by atoms with van der Waals surface area (Å²) in [5.41, 5.74) is 1.68. The van der Waals surface area contributed by atoms with Gasteiger partial charge in [0.2, 0.25) is 0 Å². The van der Waals surface area contributed by atoms with Crippen molar-refractivity contribution in [2.75, 3.05) is 5.32 Å². The minimum absolute atomic E-state index is 0.158. The molecule has 0 saturated carbocycles. The van der Waals surface area contributed by atoms with Crippen LogP contribution in [0.15, 0.2) is 60.8 Å². The Hall–Kier alpha value is -3.08. The van der Waals surface area contributed by atoms with Gasteiger partial charge < -0.3 is 5.32 Å². The molecular formula is C19H14F2N2O. The number of nitrogens with one attached hydrogen (secondary N) is 1. The van der Waals surface area contributed by atoms with Crippen LogP contribution < -0.4 is 5.32 Å². The molecule has 3 aromatic rings. The number of aryl methyl sites for hydroxylation is 1. The van der Waals surface area contributed by atoms with Gasteiger partial charge in [0.25, 0.3) is 0 Å². The fraction of sp³-hybridized carbons (Fsp3) is 0.0526. The Bertz CT molecular complexity index is 872. The Balaban J connectivity index is 1.82. The van der Waals surface area contributed by atoms with Crippen LogP contribution in [0.3, 0.4) is 0 Å². The van der Waals surface area contributed by atoms with Crippen LogP contribution in [0.25, 0.3) is 0 Å². The van der Waals surface area contributed by atoms with E-state index in [0.29, 0.717) is 11.1 Å². The first-order valence-electron chi connectivity index (χ1n) is 7.33. The molecular weight excluding hydrogens is 310 g/mol. The van der Waals surface area contributed by atoms with E-state index in [9.17, 15) is 13.6 Å². The highest BCUT2D eigenvalue weighted by Crippen LogP contribution is 2.22. The van der Waals surface area contributed by atoms with Crippen molar-refractivity contribution in [2.24, 2.45) is 0 Å². The molecule has 1 N–H and O–H groups in total. The molecule has 0 aliphatic rings. The molecule has 0 spiro atoms. The maximum Gasteiger partial charge on any atom is 0.194 e. The smallest absolute Gasteiger partial charge is 0.194 e. The van der Waals surface area contributed by atoms with Crippen molar-refractivity contribution < 1.29 is 13.6 Å². The van der Waals surface area contributed by atoms with E-state index in [1.807, 2.05) is 19.1 Å². The van der Waals surface area contributed by atoms with Crippen molar-refractivity contribution in [3.8, 4) is 0 Å². The number of rotatable bonds is 4. The van der Waals surface area contributed by atoms with Crippen molar-refractivity contribution in [1.29, 1.82) is 0 Å². The third kappa shape index (κ3) is 3.30. The van der Waals surface area contributed by atoms with Crippen LogP contribution in [-0.4, -0.2) is 10.8 Å². The molecule has 0 atom stereocenters. The Morgan fingerprint density at radius 2 is 1.67 bits per heavy atom. The molecule has 0 fully saturated rings. The molecule has 3 nitrogen and oxygen atoms in total. The normalized spacial score (nSPS) is 10.5. The fourth-order valence-electron chi connectivity index (χ4n) is 2.30. The van der Waals surface area contributed by atoms with E-state index in [2.05, 4.69) is 10.3 Å². The van der Waals surface area contributed by atoms with Crippen LogP contribution in [0.2, 0.25) is 0 Å². The summed E-state index contributed by atoms with van der Waals surface area (Å²) >= 11 is 0. The van der Waals surface area contributed by atoms with Crippen LogP contribution in [0.1, 0.15) is 21.5 Å². The first-order chi connectivity index (χ1) is 11.5. The molecule has 5 heteroatoms. The standard InChI is InChI=1S/C19H14F2N2O/c1-12-4-2-5-13(10-12)19(24)14-8-9-17(22-11-14)23-18-15(20)6-3-7-16(18)21/h2-11H,1H3,(H,22,23). The number of hydrogen-bond donors (Lipinski definition) is 1. The lowest BCUT2D eigenvalue weighted by atomic mass is 10.0. The molecule has 0 unspecified atom stereocenters. The molecule has 0 saturated heterocycles. The Kier molecular flexibility index (Phi) is 4.33. The van der Waals surface area contributed by atoms with Gasteiger partial charge in [0, 0.05) is 17.3 Å². The van der Waals surface area contributed by atoms with E-state index >= 15 is 0 Å². The van der Waals surface area contributed by atoms with E-state index in [0.717, 1.165) is 17.7 Å². The van der Waals surface area contributed by atoms with Crippen LogP contribution in [0.5, 0.6) is 0 Å². The maximum absolute atomic E-state index is 13.6. The van der Waals surface area contributed by atoms with Crippen LogP contribution >= 0.6 is 0 Å². The van der Waals surface area contributed by atoms with E-state index in [1.54, 1.807) is 18.2 Å². The van der Waals surface area contributed by atoms with Gasteiger partial charge in [0.05, 0.1) is 0 Å². The number of carbonyl (C=O) groups is 1. The molecule has 1 aromatic heterocycles. The zero-order valence-electron chi connectivity index (χ0n) is 12.9. The fourth-order valence-corrected chi connectivity index (χ4v) is 2.30. The van der Waals surface area contributed by atoms with Gasteiger partial charge in [0.15, 0.2) is 5.78 Å². The number of anilines is 2. The predicted octanol–water partition coefficient (Wildman–Crippen LogP) is 4.64. The third-order valence-corrected chi connectivity index (χ3v) is 3.52. The van der Waals surface area contributed by atoms with Gasteiger partial charge in [-0.2, -0.15) is 0 Å². The van der Waals surface area contributed by atoms with Gasteiger partial charge >= 0.3 is 0 Å². The topological polar surface area (TPSA) is 42.0 Å². The summed E-state index contributed by atoms with van der Waals surface area (Å²) in [6.07, 6.45) is 1.38. The number of para-hydroxylation sites is 1. The van der Waals surface area contributed by atoms with Crippen molar-refractivity contribution in [1.82, 2.24) is 4.98 Å². The van der Waals surface area contributed by atoms with Gasteiger partial charge in [-0.05, 0) is 37.3 Å². The predicted molar refractivity (Wildman–Crippen MR) is 88.5 cm³/mol. The van der Waals surface area contributed by atoms with Crippen molar-refractivity contribution in [3.05, 3.63) is 89.1 Å². The molecule has 120 valence electrons. The minimum atomic E-state index is -0.711. The lowest BCUT2D eigenvalue weighted by molar-refractivity contribution is 0.103. The number of halogens is 2. The summed E-state index contributed by atoms with van der Waals surface area (Å²) in [7, 11) is 0. The first kappa shape index (κ1) is 15.8. The molecule has 0 amide bonds. The molecule has 3 rings (SSSR count). The number of ketones is 1. The largest absolute Gasteiger partial charge is 0.335 e. The molecule has 2 aromatic carbocycles. The number of benzene rings is 2. The highest BCUT2D eigenvalue weighted by molar-refractivity contribution is 6.08. The second kappa shape index (κ2) is 6.58. The quantitative estimate of drug-likeness (QED) is 0.711. The molecule has 0 aliphatic heterocycles. The van der Waals surface area contributed by atoms with Gasteiger partial charge in [-0.25, -0.2) is 13.8 Å². The monoisotopic (exact) mass is 324 g/mol. The van der Waals surface area contributed by atoms with Gasteiger partial charge in [-0.1, -0.05) is 29.8 Å². The van der Waals surface area contributed by atoms with Crippen molar-refractivity contribution in [3.63, 3.8) is 0 Å². The first-order valence-corrected chi connectivity index (χ1v) is 7.33. The molecule has 0 aliphatic carbocycles. The Labute approximate surface area is 138 Å². The number of nitrogens with zero attached hydrogens (tertiary/aromatic N) is 1. The van der Waals surface area contributed by atoms with Crippen LogP contribution in [0, 0.1) is 18.6 Å². The zero-order chi connectivity index (χ0) is 17.1. The van der Waals surface area contributed by atoms with Crippen molar-refractivity contribution >= 4 is 17.3 Å². The van der Waals surface area contributed by atoms with Gasteiger partial charge in [-0.3, -0.25) is 4.79 Å². The minimum Gasteiger partial charge on any atom is -0.335 e. The van der Waals surface area contributed by atoms with E-state index in [1.165, 1.54) is 18.3 Å². The average Bonchev–Trinajstić information content (AvgIpc) is 2.58. The highest BCUT2D eigenvalue weighted by Gasteiger charge is 2.12. The van der Waals surface area contributed by atoms with E-state index < -0.39 is 11.6 Å². The van der Waals surface area contributed by atoms with Crippen LogP contribution in [-0.2, 0) is 0 Å². The lowest BCUT2D eigenvalue weighted by Crippen LogP contribution is -2.04. The van der Waals surface area contributed by atoms with E-state index in [4.69, 9.17) is 0 Å². The van der Waals surface area contributed by atoms with E-state index in [-0.39, 0.29) is 17.3 Å². The second-order valence-corrected chi connectivity index (χ2v) is 5.35. The summed E-state index contributed by atoms with van der Waals surface area (Å²) in [6, 6.07) is 13.9. The molecule has 0 radical (unpaired) electrons. The Morgan fingerprint density at radius 3 is 2.29 bits per heavy atom. The van der Waals surface area contributed by atoms with Gasteiger partial charge in [0.1, 0.15) is 23.1 Å². The number of pyridine rings is 1. The average molecular weight is 324 g/mol. The molecule has 0 bridgehead atoms. The number of aromatic nitrogens is 1. The summed E-state index contributed by atoms with van der Waals surface area (Å²) in [5.74, 6) is -1.33. The summed E-state index contributed by atoms with van der Waals surface area (Å²) in [6.45, 7) is 1.91. The SMILES string of the molecule is Cc1cccc(C(=O)c2ccc(Nc3c(F)cccc3F)nc2)c1. The third-order valence-electron chi connectivity index (χ3n) is 3.52. The number of carbonyl (C=O) groups excluding carboxylic acids is 1. The van der Waals surface area contributed by atoms with Gasteiger partial charge in [-0.15, -0.1) is 0 Å². The lowest BCUT2D eigenvalue weighted by Gasteiger charge is -2.08. The summed E-state index contributed by atoms with van der Waals surface area (Å²) < 4.78 is 27.2. The Morgan fingerprint density at radius 1 is 0.958 bits per heavy atom. The van der Waals surface area contributed by atoms with Crippen molar-refractivity contribution in [2.45, 2.75) is 6.92 Å². The highest BCUT2D eigenvalue weighted by atomic mass is 19.1.